The molecule has 1 amide bonds. The summed E-state index contributed by atoms with van der Waals surface area (Å²) in [6.45, 7) is 6.65. The average Bonchev–Trinajstić information content (AvgIpc) is 2.77. The number of amides is 1. The lowest BCUT2D eigenvalue weighted by Crippen LogP contribution is -2.43. The van der Waals surface area contributed by atoms with E-state index in [0.29, 0.717) is 17.9 Å². The van der Waals surface area contributed by atoms with Gasteiger partial charge in [0.2, 0.25) is 5.91 Å². The number of benzene rings is 1. The Bertz CT molecular complexity index is 689. The molecule has 0 bridgehead atoms. The molecule has 1 saturated heterocycles. The van der Waals surface area contributed by atoms with Crippen molar-refractivity contribution in [3.63, 3.8) is 0 Å². The molecule has 6 nitrogen and oxygen atoms in total. The second-order valence-corrected chi connectivity index (χ2v) is 8.58. The Balaban J connectivity index is 0.00000341. The number of nitrogens with zero attached hydrogens (tertiary/aromatic N) is 1. The molecule has 3 N–H and O–H groups in total. The van der Waals surface area contributed by atoms with Gasteiger partial charge in [-0.2, -0.15) is 0 Å². The second kappa shape index (κ2) is 13.9. The average molecular weight is 543 g/mol. The summed E-state index contributed by atoms with van der Waals surface area (Å²) in [5, 5.41) is 9.83. The Hall–Kier alpha value is -1.35. The van der Waals surface area contributed by atoms with Gasteiger partial charge in [0, 0.05) is 31.7 Å². The maximum atomic E-state index is 12.3. The SMILES string of the molecule is CCNC(=NCC(=O)NC1CCCCC1)NCC1CCCOC1c1ccc(C)cc1.I. The fraction of sp³-hybridized carbons (Fsp3) is 0.667. The van der Waals surface area contributed by atoms with Crippen molar-refractivity contribution >= 4 is 35.8 Å². The summed E-state index contributed by atoms with van der Waals surface area (Å²) in [4.78, 5) is 16.8. The first-order chi connectivity index (χ1) is 14.7. The number of hydrogen-bond acceptors (Lipinski definition) is 3. The summed E-state index contributed by atoms with van der Waals surface area (Å²) < 4.78 is 6.13. The van der Waals surface area contributed by atoms with Crippen LogP contribution < -0.4 is 16.0 Å². The van der Waals surface area contributed by atoms with Crippen LogP contribution in [-0.2, 0) is 9.53 Å². The largest absolute Gasteiger partial charge is 0.373 e. The van der Waals surface area contributed by atoms with E-state index in [9.17, 15) is 4.79 Å². The van der Waals surface area contributed by atoms with Crippen molar-refractivity contribution in [2.75, 3.05) is 26.2 Å². The van der Waals surface area contributed by atoms with Crippen LogP contribution in [0.4, 0.5) is 0 Å². The van der Waals surface area contributed by atoms with Crippen LogP contribution in [0.15, 0.2) is 29.3 Å². The van der Waals surface area contributed by atoms with Gasteiger partial charge in [-0.3, -0.25) is 4.79 Å². The molecule has 2 fully saturated rings. The molecule has 0 aromatic heterocycles. The molecule has 1 aliphatic heterocycles. The van der Waals surface area contributed by atoms with E-state index in [0.717, 1.165) is 45.4 Å². The van der Waals surface area contributed by atoms with Gasteiger partial charge in [-0.05, 0) is 45.1 Å². The number of ether oxygens (including phenoxy) is 1. The molecule has 1 heterocycles. The van der Waals surface area contributed by atoms with E-state index < -0.39 is 0 Å². The van der Waals surface area contributed by atoms with E-state index in [1.54, 1.807) is 0 Å². The van der Waals surface area contributed by atoms with Crippen LogP contribution >= 0.6 is 24.0 Å². The zero-order valence-corrected chi connectivity index (χ0v) is 21.3. The topological polar surface area (TPSA) is 74.8 Å². The van der Waals surface area contributed by atoms with Crippen molar-refractivity contribution in [3.8, 4) is 0 Å². The highest BCUT2D eigenvalue weighted by molar-refractivity contribution is 14.0. The molecular weight excluding hydrogens is 503 g/mol. The van der Waals surface area contributed by atoms with Crippen LogP contribution in [0.25, 0.3) is 0 Å². The fourth-order valence-electron chi connectivity index (χ4n) is 4.42. The van der Waals surface area contributed by atoms with Crippen molar-refractivity contribution in [2.45, 2.75) is 70.9 Å². The van der Waals surface area contributed by atoms with Crippen LogP contribution in [0.3, 0.4) is 0 Å². The summed E-state index contributed by atoms with van der Waals surface area (Å²) >= 11 is 0. The van der Waals surface area contributed by atoms with E-state index in [1.165, 1.54) is 30.4 Å². The number of rotatable bonds is 7. The van der Waals surface area contributed by atoms with Gasteiger partial charge in [0.05, 0.1) is 6.10 Å². The molecule has 2 unspecified atom stereocenters. The number of aliphatic imine (C=N–C) groups is 1. The Morgan fingerprint density at radius 3 is 2.52 bits per heavy atom. The predicted molar refractivity (Wildman–Crippen MR) is 137 cm³/mol. The lowest BCUT2D eigenvalue weighted by molar-refractivity contribution is -0.120. The summed E-state index contributed by atoms with van der Waals surface area (Å²) in [5.41, 5.74) is 2.50. The summed E-state index contributed by atoms with van der Waals surface area (Å²) in [7, 11) is 0. The molecule has 3 rings (SSSR count). The molecule has 1 aliphatic carbocycles. The fourth-order valence-corrected chi connectivity index (χ4v) is 4.42. The van der Waals surface area contributed by atoms with Gasteiger partial charge in [-0.25, -0.2) is 4.99 Å². The van der Waals surface area contributed by atoms with E-state index in [1.807, 2.05) is 6.92 Å². The minimum atomic E-state index is 0. The summed E-state index contributed by atoms with van der Waals surface area (Å²) in [6, 6.07) is 8.97. The smallest absolute Gasteiger partial charge is 0.242 e. The van der Waals surface area contributed by atoms with Gasteiger partial charge in [0.25, 0.3) is 0 Å². The quantitative estimate of drug-likeness (QED) is 0.276. The van der Waals surface area contributed by atoms with Gasteiger partial charge in [-0.1, -0.05) is 49.1 Å². The van der Waals surface area contributed by atoms with Crippen molar-refractivity contribution in [3.05, 3.63) is 35.4 Å². The van der Waals surface area contributed by atoms with Gasteiger partial charge >= 0.3 is 0 Å². The van der Waals surface area contributed by atoms with E-state index in [4.69, 9.17) is 4.74 Å². The lowest BCUT2D eigenvalue weighted by Gasteiger charge is -2.32. The first-order valence-electron chi connectivity index (χ1n) is 11.7. The second-order valence-electron chi connectivity index (χ2n) is 8.58. The van der Waals surface area contributed by atoms with E-state index in [-0.39, 0.29) is 42.5 Å². The van der Waals surface area contributed by atoms with Crippen LogP contribution in [0.5, 0.6) is 0 Å². The molecule has 7 heteroatoms. The summed E-state index contributed by atoms with van der Waals surface area (Å²) in [5.74, 6) is 1.09. The highest BCUT2D eigenvalue weighted by Gasteiger charge is 2.27. The normalized spacial score (nSPS) is 22.3. The number of nitrogens with one attached hydrogen (secondary N) is 3. The van der Waals surface area contributed by atoms with Gasteiger partial charge in [0.1, 0.15) is 6.54 Å². The maximum Gasteiger partial charge on any atom is 0.242 e. The van der Waals surface area contributed by atoms with Gasteiger partial charge < -0.3 is 20.7 Å². The van der Waals surface area contributed by atoms with Crippen molar-refractivity contribution in [2.24, 2.45) is 10.9 Å². The van der Waals surface area contributed by atoms with E-state index in [2.05, 4.69) is 52.1 Å². The standard InChI is InChI=1S/C24H38N4O2.HI/c1-3-25-24(27-17-22(29)28-21-9-5-4-6-10-21)26-16-20-8-7-15-30-23(20)19-13-11-18(2)12-14-19;/h11-14,20-21,23H,3-10,15-17H2,1-2H3,(H,28,29)(H2,25,26,27);1H. The number of halogens is 1. The Morgan fingerprint density at radius 1 is 1.06 bits per heavy atom. The minimum absolute atomic E-state index is 0. The van der Waals surface area contributed by atoms with Crippen LogP contribution in [0.2, 0.25) is 0 Å². The molecule has 2 aliphatic rings. The number of carbonyl (C=O) groups is 1. The molecule has 0 radical (unpaired) electrons. The third kappa shape index (κ3) is 8.60. The summed E-state index contributed by atoms with van der Waals surface area (Å²) in [6.07, 6.45) is 8.19. The zero-order valence-electron chi connectivity index (χ0n) is 19.0. The molecular formula is C24H39IN4O2. The van der Waals surface area contributed by atoms with Crippen molar-refractivity contribution < 1.29 is 9.53 Å². The number of hydrogen-bond donors (Lipinski definition) is 3. The molecule has 2 atom stereocenters. The third-order valence-electron chi connectivity index (χ3n) is 6.08. The maximum absolute atomic E-state index is 12.3. The number of aryl methyl sites for hydroxylation is 1. The molecule has 1 saturated carbocycles. The molecule has 1 aromatic rings. The number of carbonyl (C=O) groups excluding carboxylic acids is 1. The predicted octanol–water partition coefficient (Wildman–Crippen LogP) is 4.08. The molecule has 1 aromatic carbocycles. The van der Waals surface area contributed by atoms with Crippen LogP contribution in [0, 0.1) is 12.8 Å². The minimum Gasteiger partial charge on any atom is -0.373 e. The first-order valence-corrected chi connectivity index (χ1v) is 11.7. The van der Waals surface area contributed by atoms with Gasteiger partial charge in [0.15, 0.2) is 5.96 Å². The monoisotopic (exact) mass is 542 g/mol. The molecule has 174 valence electrons. The molecule has 0 spiro atoms. The Morgan fingerprint density at radius 2 is 1.81 bits per heavy atom. The third-order valence-corrected chi connectivity index (χ3v) is 6.08. The molecule has 31 heavy (non-hydrogen) atoms. The lowest BCUT2D eigenvalue weighted by atomic mass is 9.89. The van der Waals surface area contributed by atoms with E-state index >= 15 is 0 Å². The number of guanidine groups is 1. The van der Waals surface area contributed by atoms with Crippen molar-refractivity contribution in [1.82, 2.24) is 16.0 Å². The Kier molecular flexibility index (Phi) is 11.6. The van der Waals surface area contributed by atoms with Gasteiger partial charge in [-0.15, -0.1) is 24.0 Å². The van der Waals surface area contributed by atoms with Crippen molar-refractivity contribution in [1.29, 1.82) is 0 Å². The zero-order chi connectivity index (χ0) is 21.2. The highest BCUT2D eigenvalue weighted by atomic mass is 127. The highest BCUT2D eigenvalue weighted by Crippen LogP contribution is 2.33. The Labute approximate surface area is 204 Å². The van der Waals surface area contributed by atoms with Crippen LogP contribution in [-0.4, -0.2) is 44.1 Å². The van der Waals surface area contributed by atoms with Crippen LogP contribution in [0.1, 0.15) is 69.1 Å². The first kappa shape index (κ1) is 25.9.